The van der Waals surface area contributed by atoms with Gasteiger partial charge in [-0.1, -0.05) is 28.1 Å². The molecule has 0 spiro atoms. The minimum Gasteiger partial charge on any atom is -0.488 e. The van der Waals surface area contributed by atoms with Crippen LogP contribution in [0.3, 0.4) is 0 Å². The summed E-state index contributed by atoms with van der Waals surface area (Å²) in [6, 6.07) is 11.0. The molecule has 0 fully saturated rings. The third-order valence-corrected chi connectivity index (χ3v) is 3.01. The Kier molecular flexibility index (Phi) is 4.16. The van der Waals surface area contributed by atoms with E-state index in [1.54, 1.807) is 30.3 Å². The van der Waals surface area contributed by atoms with Gasteiger partial charge in [-0.3, -0.25) is 4.79 Å². The normalized spacial score (nSPS) is 10.2. The number of carbonyl (C=O) groups is 1. The highest BCUT2D eigenvalue weighted by Gasteiger charge is 2.10. The van der Waals surface area contributed by atoms with Crippen LogP contribution in [-0.2, 0) is 6.61 Å². The molecular weight excluding hydrogens is 313 g/mol. The average molecular weight is 324 g/mol. The molecule has 2 aromatic carbocycles. The topological polar surface area (TPSA) is 52.3 Å². The zero-order valence-electron chi connectivity index (χ0n) is 9.90. The number of benzene rings is 2. The van der Waals surface area contributed by atoms with Crippen LogP contribution in [0.4, 0.5) is 4.39 Å². The molecule has 19 heavy (non-hydrogen) atoms. The molecule has 0 radical (unpaired) electrons. The lowest BCUT2D eigenvalue weighted by molar-refractivity contribution is 0.0996. The van der Waals surface area contributed by atoms with Gasteiger partial charge in [0.1, 0.15) is 18.2 Å². The molecule has 3 nitrogen and oxygen atoms in total. The summed E-state index contributed by atoms with van der Waals surface area (Å²) in [5.74, 6) is -0.458. The molecule has 0 aliphatic rings. The molecule has 0 saturated heterocycles. The summed E-state index contributed by atoms with van der Waals surface area (Å²) in [6.45, 7) is 0.238. The van der Waals surface area contributed by atoms with Gasteiger partial charge >= 0.3 is 0 Å². The SMILES string of the molecule is NC(=O)c1cc(Br)ccc1OCc1ccc(F)cc1. The van der Waals surface area contributed by atoms with E-state index in [0.717, 1.165) is 10.0 Å². The van der Waals surface area contributed by atoms with Crippen LogP contribution >= 0.6 is 15.9 Å². The third-order valence-electron chi connectivity index (χ3n) is 2.51. The Hall–Kier alpha value is -1.88. The van der Waals surface area contributed by atoms with Crippen molar-refractivity contribution in [1.82, 2.24) is 0 Å². The maximum absolute atomic E-state index is 12.8. The highest BCUT2D eigenvalue weighted by atomic mass is 79.9. The Balaban J connectivity index is 2.15. The second kappa shape index (κ2) is 5.84. The number of hydrogen-bond donors (Lipinski definition) is 1. The fourth-order valence-electron chi connectivity index (χ4n) is 1.56. The van der Waals surface area contributed by atoms with Crippen molar-refractivity contribution in [3.05, 3.63) is 63.9 Å². The Labute approximate surface area is 118 Å². The van der Waals surface area contributed by atoms with Crippen molar-refractivity contribution in [2.24, 2.45) is 5.73 Å². The molecule has 0 aliphatic heterocycles. The summed E-state index contributed by atoms with van der Waals surface area (Å²) in [5.41, 5.74) is 6.39. The molecule has 0 heterocycles. The Morgan fingerprint density at radius 2 is 1.89 bits per heavy atom. The van der Waals surface area contributed by atoms with Gasteiger partial charge in [-0.05, 0) is 35.9 Å². The zero-order valence-corrected chi connectivity index (χ0v) is 11.5. The number of halogens is 2. The van der Waals surface area contributed by atoms with Gasteiger partial charge in [-0.2, -0.15) is 0 Å². The first-order chi connectivity index (χ1) is 9.06. The van der Waals surface area contributed by atoms with Crippen LogP contribution in [0, 0.1) is 5.82 Å². The number of amides is 1. The molecule has 0 aromatic heterocycles. The summed E-state index contributed by atoms with van der Waals surface area (Å²) in [4.78, 5) is 11.3. The summed E-state index contributed by atoms with van der Waals surface area (Å²) in [6.07, 6.45) is 0. The summed E-state index contributed by atoms with van der Waals surface area (Å²) in [5, 5.41) is 0. The van der Waals surface area contributed by atoms with Gasteiger partial charge in [-0.25, -0.2) is 4.39 Å². The fourth-order valence-corrected chi connectivity index (χ4v) is 1.92. The van der Waals surface area contributed by atoms with Crippen LogP contribution in [-0.4, -0.2) is 5.91 Å². The first-order valence-corrected chi connectivity index (χ1v) is 6.32. The van der Waals surface area contributed by atoms with E-state index in [2.05, 4.69) is 15.9 Å². The van der Waals surface area contributed by atoms with Gasteiger partial charge in [0, 0.05) is 4.47 Å². The lowest BCUT2D eigenvalue weighted by atomic mass is 10.2. The maximum atomic E-state index is 12.8. The van der Waals surface area contributed by atoms with Crippen LogP contribution < -0.4 is 10.5 Å². The van der Waals surface area contributed by atoms with Crippen molar-refractivity contribution in [3.8, 4) is 5.75 Å². The number of primary amides is 1. The smallest absolute Gasteiger partial charge is 0.252 e. The van der Waals surface area contributed by atoms with Gasteiger partial charge < -0.3 is 10.5 Å². The van der Waals surface area contributed by atoms with Crippen LogP contribution in [0.15, 0.2) is 46.9 Å². The van der Waals surface area contributed by atoms with Crippen LogP contribution in [0.2, 0.25) is 0 Å². The van der Waals surface area contributed by atoms with E-state index in [0.29, 0.717) is 11.3 Å². The van der Waals surface area contributed by atoms with E-state index in [-0.39, 0.29) is 12.4 Å². The molecule has 1 amide bonds. The predicted molar refractivity (Wildman–Crippen MR) is 73.4 cm³/mol. The Morgan fingerprint density at radius 3 is 2.53 bits per heavy atom. The van der Waals surface area contributed by atoms with E-state index in [1.165, 1.54) is 12.1 Å². The predicted octanol–water partition coefficient (Wildman–Crippen LogP) is 3.27. The van der Waals surface area contributed by atoms with Crippen molar-refractivity contribution in [1.29, 1.82) is 0 Å². The molecule has 0 bridgehead atoms. The van der Waals surface area contributed by atoms with Crippen molar-refractivity contribution in [3.63, 3.8) is 0 Å². The van der Waals surface area contributed by atoms with Gasteiger partial charge in [0.2, 0.25) is 0 Å². The first kappa shape index (κ1) is 13.5. The van der Waals surface area contributed by atoms with Crippen LogP contribution in [0.5, 0.6) is 5.75 Å². The van der Waals surface area contributed by atoms with Crippen molar-refractivity contribution in [2.45, 2.75) is 6.61 Å². The van der Waals surface area contributed by atoms with E-state index >= 15 is 0 Å². The maximum Gasteiger partial charge on any atom is 0.252 e. The number of hydrogen-bond acceptors (Lipinski definition) is 2. The highest BCUT2D eigenvalue weighted by molar-refractivity contribution is 9.10. The van der Waals surface area contributed by atoms with E-state index < -0.39 is 5.91 Å². The number of nitrogens with two attached hydrogens (primary N) is 1. The lowest BCUT2D eigenvalue weighted by Crippen LogP contribution is -2.13. The van der Waals surface area contributed by atoms with E-state index in [4.69, 9.17) is 10.5 Å². The largest absolute Gasteiger partial charge is 0.488 e. The zero-order chi connectivity index (χ0) is 13.8. The van der Waals surface area contributed by atoms with E-state index in [1.807, 2.05) is 0 Å². The van der Waals surface area contributed by atoms with Gasteiger partial charge in [0.25, 0.3) is 5.91 Å². The molecule has 5 heteroatoms. The van der Waals surface area contributed by atoms with Crippen molar-refractivity contribution < 1.29 is 13.9 Å². The standard InChI is InChI=1S/C14H11BrFNO2/c15-10-3-6-13(12(7-10)14(17)18)19-8-9-1-4-11(16)5-2-9/h1-7H,8H2,(H2,17,18). The quantitative estimate of drug-likeness (QED) is 0.938. The Bertz CT molecular complexity index is 599. The van der Waals surface area contributed by atoms with Crippen LogP contribution in [0.25, 0.3) is 0 Å². The molecule has 2 aromatic rings. The number of rotatable bonds is 4. The van der Waals surface area contributed by atoms with Gasteiger partial charge in [0.15, 0.2) is 0 Å². The minimum atomic E-state index is -0.560. The first-order valence-electron chi connectivity index (χ1n) is 5.53. The van der Waals surface area contributed by atoms with Crippen molar-refractivity contribution >= 4 is 21.8 Å². The van der Waals surface area contributed by atoms with Gasteiger partial charge in [-0.15, -0.1) is 0 Å². The monoisotopic (exact) mass is 323 g/mol. The molecule has 0 unspecified atom stereocenters. The molecule has 2 N–H and O–H groups in total. The molecule has 0 saturated carbocycles. The summed E-state index contributed by atoms with van der Waals surface area (Å²) in [7, 11) is 0. The summed E-state index contributed by atoms with van der Waals surface area (Å²) >= 11 is 3.26. The number of ether oxygens (including phenoxy) is 1. The lowest BCUT2D eigenvalue weighted by Gasteiger charge is -2.10. The number of carbonyl (C=O) groups excluding carboxylic acids is 1. The Morgan fingerprint density at radius 1 is 1.21 bits per heavy atom. The van der Waals surface area contributed by atoms with Crippen LogP contribution in [0.1, 0.15) is 15.9 Å². The second-order valence-electron chi connectivity index (χ2n) is 3.92. The average Bonchev–Trinajstić information content (AvgIpc) is 2.39. The molecular formula is C14H11BrFNO2. The van der Waals surface area contributed by atoms with Crippen molar-refractivity contribution in [2.75, 3.05) is 0 Å². The summed E-state index contributed by atoms with van der Waals surface area (Å²) < 4.78 is 19.0. The second-order valence-corrected chi connectivity index (χ2v) is 4.84. The molecule has 2 rings (SSSR count). The minimum absolute atomic E-state index is 0.238. The molecule has 98 valence electrons. The third kappa shape index (κ3) is 3.54. The highest BCUT2D eigenvalue weighted by Crippen LogP contribution is 2.23. The molecule has 0 aliphatic carbocycles. The van der Waals surface area contributed by atoms with Gasteiger partial charge in [0.05, 0.1) is 5.56 Å². The molecule has 0 atom stereocenters. The van der Waals surface area contributed by atoms with E-state index in [9.17, 15) is 9.18 Å². The fraction of sp³-hybridized carbons (Fsp3) is 0.0714.